The van der Waals surface area contributed by atoms with Crippen LogP contribution < -0.4 is 4.74 Å². The number of amides is 3. The number of hydrogen-bond donors (Lipinski definition) is 0. The standard InChI is InChI=1S/C25H29N3O4/c1-18-7-9-19(10-8-18)23(29)26-13-11-21(12-14-26)28-16-15-27(24(30)25(28)31)17-20-5-3-4-6-22(20)32-2/h3-10,21H,11-17H2,1-2H3. The Labute approximate surface area is 188 Å². The van der Waals surface area contributed by atoms with E-state index in [1.54, 1.807) is 16.9 Å². The van der Waals surface area contributed by atoms with Gasteiger partial charge in [0.2, 0.25) is 0 Å². The van der Waals surface area contributed by atoms with E-state index in [4.69, 9.17) is 4.74 Å². The molecular weight excluding hydrogens is 406 g/mol. The zero-order valence-corrected chi connectivity index (χ0v) is 18.6. The van der Waals surface area contributed by atoms with Gasteiger partial charge in [-0.2, -0.15) is 0 Å². The molecule has 0 bridgehead atoms. The fourth-order valence-electron chi connectivity index (χ4n) is 4.49. The van der Waals surface area contributed by atoms with Gasteiger partial charge in [-0.05, 0) is 38.0 Å². The number of carbonyl (C=O) groups excluding carboxylic acids is 3. The molecule has 2 aromatic carbocycles. The van der Waals surface area contributed by atoms with E-state index in [9.17, 15) is 14.4 Å². The molecule has 7 nitrogen and oxygen atoms in total. The van der Waals surface area contributed by atoms with Gasteiger partial charge in [0.25, 0.3) is 5.91 Å². The lowest BCUT2D eigenvalue weighted by Gasteiger charge is -2.42. The summed E-state index contributed by atoms with van der Waals surface area (Å²) in [7, 11) is 1.60. The lowest BCUT2D eigenvalue weighted by Crippen LogP contribution is -2.59. The zero-order valence-electron chi connectivity index (χ0n) is 18.6. The van der Waals surface area contributed by atoms with Crippen LogP contribution in [0.4, 0.5) is 0 Å². The van der Waals surface area contributed by atoms with Crippen molar-refractivity contribution in [3.8, 4) is 5.75 Å². The summed E-state index contributed by atoms with van der Waals surface area (Å²) in [5.41, 5.74) is 2.69. The predicted molar refractivity (Wildman–Crippen MR) is 120 cm³/mol. The van der Waals surface area contributed by atoms with E-state index >= 15 is 0 Å². The molecule has 2 heterocycles. The maximum absolute atomic E-state index is 12.9. The second-order valence-electron chi connectivity index (χ2n) is 8.43. The third-order valence-electron chi connectivity index (χ3n) is 6.39. The molecule has 4 rings (SSSR count). The average molecular weight is 436 g/mol. The van der Waals surface area contributed by atoms with Gasteiger partial charge in [-0.3, -0.25) is 14.4 Å². The van der Waals surface area contributed by atoms with Crippen LogP contribution in [0, 0.1) is 6.92 Å². The number of piperidine rings is 1. The molecule has 0 aromatic heterocycles. The van der Waals surface area contributed by atoms with E-state index in [0.717, 1.165) is 11.1 Å². The number of hydrogen-bond acceptors (Lipinski definition) is 4. The summed E-state index contributed by atoms with van der Waals surface area (Å²) in [6.45, 7) is 4.52. The summed E-state index contributed by atoms with van der Waals surface area (Å²) < 4.78 is 5.37. The maximum Gasteiger partial charge on any atom is 0.312 e. The number of likely N-dealkylation sites (tertiary alicyclic amines) is 1. The first-order valence-electron chi connectivity index (χ1n) is 11.1. The van der Waals surface area contributed by atoms with Crippen molar-refractivity contribution in [1.29, 1.82) is 0 Å². The lowest BCUT2D eigenvalue weighted by atomic mass is 10.0. The minimum absolute atomic E-state index is 0.0121. The van der Waals surface area contributed by atoms with Crippen LogP contribution in [0.25, 0.3) is 0 Å². The average Bonchev–Trinajstić information content (AvgIpc) is 2.83. The van der Waals surface area contributed by atoms with Gasteiger partial charge in [0.1, 0.15) is 5.75 Å². The van der Waals surface area contributed by atoms with Crippen LogP contribution in [-0.4, -0.2) is 71.8 Å². The Morgan fingerprint density at radius 3 is 2.31 bits per heavy atom. The van der Waals surface area contributed by atoms with Gasteiger partial charge in [0.15, 0.2) is 0 Å². The largest absolute Gasteiger partial charge is 0.496 e. The van der Waals surface area contributed by atoms with Crippen LogP contribution >= 0.6 is 0 Å². The summed E-state index contributed by atoms with van der Waals surface area (Å²) in [4.78, 5) is 43.6. The van der Waals surface area contributed by atoms with Crippen molar-refractivity contribution in [3.63, 3.8) is 0 Å². The van der Waals surface area contributed by atoms with Crippen LogP contribution in [0.5, 0.6) is 5.75 Å². The van der Waals surface area contributed by atoms with Crippen LogP contribution in [-0.2, 0) is 16.1 Å². The van der Waals surface area contributed by atoms with Gasteiger partial charge in [0.05, 0.1) is 7.11 Å². The fraction of sp³-hybridized carbons (Fsp3) is 0.400. The molecule has 0 atom stereocenters. The number of aryl methyl sites for hydroxylation is 1. The molecule has 0 N–H and O–H groups in total. The molecular formula is C25H29N3O4. The first-order valence-corrected chi connectivity index (χ1v) is 11.1. The molecule has 0 unspecified atom stereocenters. The van der Waals surface area contributed by atoms with Gasteiger partial charge >= 0.3 is 11.8 Å². The molecule has 2 aliphatic rings. The second kappa shape index (κ2) is 9.42. The molecule has 7 heteroatoms. The van der Waals surface area contributed by atoms with Crippen molar-refractivity contribution in [2.24, 2.45) is 0 Å². The van der Waals surface area contributed by atoms with Crippen LogP contribution in [0.15, 0.2) is 48.5 Å². The van der Waals surface area contributed by atoms with Gasteiger partial charge in [-0.1, -0.05) is 35.9 Å². The third-order valence-corrected chi connectivity index (χ3v) is 6.39. The van der Waals surface area contributed by atoms with Crippen molar-refractivity contribution in [2.45, 2.75) is 32.4 Å². The number of methoxy groups -OCH3 is 1. The summed E-state index contributed by atoms with van der Waals surface area (Å²) in [5, 5.41) is 0. The van der Waals surface area contributed by atoms with Gasteiger partial charge in [0, 0.05) is 49.9 Å². The van der Waals surface area contributed by atoms with E-state index in [1.807, 2.05) is 60.4 Å². The number of rotatable bonds is 5. The molecule has 0 saturated carbocycles. The normalized spacial score (nSPS) is 17.6. The first kappa shape index (κ1) is 21.9. The molecule has 2 saturated heterocycles. The molecule has 0 radical (unpaired) electrons. The molecule has 168 valence electrons. The monoisotopic (exact) mass is 435 g/mol. The number of nitrogens with zero attached hydrogens (tertiary/aromatic N) is 3. The summed E-state index contributed by atoms with van der Waals surface area (Å²) in [6.07, 6.45) is 1.37. The Morgan fingerprint density at radius 2 is 1.62 bits per heavy atom. The van der Waals surface area contributed by atoms with Crippen molar-refractivity contribution in [3.05, 3.63) is 65.2 Å². The van der Waals surface area contributed by atoms with E-state index in [0.29, 0.717) is 56.9 Å². The molecule has 0 spiro atoms. The Hall–Kier alpha value is -3.35. The number of benzene rings is 2. The third kappa shape index (κ3) is 4.47. The Morgan fingerprint density at radius 1 is 0.938 bits per heavy atom. The molecule has 3 amide bonds. The van der Waals surface area contributed by atoms with Crippen LogP contribution in [0.1, 0.15) is 34.3 Å². The summed E-state index contributed by atoms with van der Waals surface area (Å²) >= 11 is 0. The molecule has 0 aliphatic carbocycles. The molecule has 2 aliphatic heterocycles. The SMILES string of the molecule is COc1ccccc1CN1CCN(C2CCN(C(=O)c3ccc(C)cc3)CC2)C(=O)C1=O. The number of para-hydroxylation sites is 1. The topological polar surface area (TPSA) is 70.2 Å². The highest BCUT2D eigenvalue weighted by atomic mass is 16.5. The Kier molecular flexibility index (Phi) is 6.44. The van der Waals surface area contributed by atoms with Crippen molar-refractivity contribution in [2.75, 3.05) is 33.3 Å². The minimum Gasteiger partial charge on any atom is -0.496 e. The van der Waals surface area contributed by atoms with Crippen LogP contribution in [0.2, 0.25) is 0 Å². The van der Waals surface area contributed by atoms with Gasteiger partial charge < -0.3 is 19.4 Å². The van der Waals surface area contributed by atoms with Crippen molar-refractivity contribution >= 4 is 17.7 Å². The fourth-order valence-corrected chi connectivity index (χ4v) is 4.49. The van der Waals surface area contributed by atoms with E-state index in [1.165, 1.54) is 0 Å². The first-order chi connectivity index (χ1) is 15.5. The predicted octanol–water partition coefficient (Wildman–Crippen LogP) is 2.48. The highest BCUT2D eigenvalue weighted by molar-refractivity contribution is 6.35. The minimum atomic E-state index is -0.472. The zero-order chi connectivity index (χ0) is 22.7. The second-order valence-corrected chi connectivity index (χ2v) is 8.43. The summed E-state index contributed by atoms with van der Waals surface area (Å²) in [5.74, 6) is -0.192. The molecule has 32 heavy (non-hydrogen) atoms. The molecule has 2 fully saturated rings. The van der Waals surface area contributed by atoms with Crippen LogP contribution in [0.3, 0.4) is 0 Å². The number of ether oxygens (including phenoxy) is 1. The van der Waals surface area contributed by atoms with Crippen molar-refractivity contribution in [1.82, 2.24) is 14.7 Å². The highest BCUT2D eigenvalue weighted by Gasteiger charge is 2.38. The Bertz CT molecular complexity index is 997. The van der Waals surface area contributed by atoms with E-state index in [-0.39, 0.29) is 11.9 Å². The number of carbonyl (C=O) groups is 3. The lowest BCUT2D eigenvalue weighted by molar-refractivity contribution is -0.158. The smallest absolute Gasteiger partial charge is 0.312 e. The highest BCUT2D eigenvalue weighted by Crippen LogP contribution is 2.24. The molecule has 2 aromatic rings. The van der Waals surface area contributed by atoms with E-state index in [2.05, 4.69) is 0 Å². The van der Waals surface area contributed by atoms with E-state index < -0.39 is 11.8 Å². The number of piperazine rings is 1. The summed E-state index contributed by atoms with van der Waals surface area (Å²) in [6, 6.07) is 15.1. The quantitative estimate of drug-likeness (QED) is 0.677. The van der Waals surface area contributed by atoms with Gasteiger partial charge in [-0.25, -0.2) is 0 Å². The van der Waals surface area contributed by atoms with Gasteiger partial charge in [-0.15, -0.1) is 0 Å². The van der Waals surface area contributed by atoms with Crippen molar-refractivity contribution < 1.29 is 19.1 Å². The Balaban J connectivity index is 1.34. The maximum atomic E-state index is 12.9.